The summed E-state index contributed by atoms with van der Waals surface area (Å²) >= 11 is 0. The molecule has 2 N–H and O–H groups in total. The maximum absolute atomic E-state index is 4.08. The molecule has 3 aromatic rings. The van der Waals surface area contributed by atoms with E-state index >= 15 is 0 Å². The monoisotopic (exact) mass is 239 g/mol. The third-order valence-corrected chi connectivity index (χ3v) is 2.68. The van der Waals surface area contributed by atoms with Crippen molar-refractivity contribution in [2.24, 2.45) is 0 Å². The highest BCUT2D eigenvalue weighted by Gasteiger charge is 1.98. The van der Waals surface area contributed by atoms with Crippen LogP contribution in [0.2, 0.25) is 0 Å². The van der Waals surface area contributed by atoms with Gasteiger partial charge in [0.1, 0.15) is 0 Å². The molecule has 0 bridgehead atoms. The quantitative estimate of drug-likeness (QED) is 0.733. The largest absolute Gasteiger partial charge is 0.381 e. The summed E-state index contributed by atoms with van der Waals surface area (Å²) in [6.07, 6.45) is 7.23. The number of hydrogen-bond acceptors (Lipinski definition) is 3. The van der Waals surface area contributed by atoms with Crippen molar-refractivity contribution in [2.45, 2.75) is 6.54 Å². The summed E-state index contributed by atoms with van der Waals surface area (Å²) in [5.41, 5.74) is 3.26. The van der Waals surface area contributed by atoms with E-state index in [-0.39, 0.29) is 0 Å². The van der Waals surface area contributed by atoms with Crippen LogP contribution in [0.25, 0.3) is 5.69 Å². The highest BCUT2D eigenvalue weighted by atomic mass is 15.5. The Kier molecular flexibility index (Phi) is 2.79. The van der Waals surface area contributed by atoms with E-state index in [1.54, 1.807) is 17.2 Å². The maximum Gasteiger partial charge on any atom is 0.0858 e. The molecule has 3 rings (SSSR count). The zero-order valence-corrected chi connectivity index (χ0v) is 9.74. The number of aromatic amines is 1. The van der Waals surface area contributed by atoms with Gasteiger partial charge in [-0.25, -0.2) is 0 Å². The normalized spacial score (nSPS) is 10.4. The topological polar surface area (TPSA) is 58.5 Å². The molecule has 0 saturated carbocycles. The Hall–Kier alpha value is -2.56. The summed E-state index contributed by atoms with van der Waals surface area (Å²) in [5.74, 6) is 0. The molecule has 0 aliphatic rings. The predicted molar refractivity (Wildman–Crippen MR) is 69.5 cm³/mol. The van der Waals surface area contributed by atoms with Gasteiger partial charge in [0.25, 0.3) is 0 Å². The Morgan fingerprint density at radius 1 is 1.06 bits per heavy atom. The second-order valence-corrected chi connectivity index (χ2v) is 3.94. The van der Waals surface area contributed by atoms with Gasteiger partial charge in [-0.3, -0.25) is 0 Å². The van der Waals surface area contributed by atoms with Gasteiger partial charge in [0.15, 0.2) is 0 Å². The first-order valence-electron chi connectivity index (χ1n) is 5.74. The van der Waals surface area contributed by atoms with Crippen LogP contribution in [0, 0.1) is 0 Å². The highest BCUT2D eigenvalue weighted by molar-refractivity contribution is 5.48. The van der Waals surface area contributed by atoms with E-state index < -0.39 is 0 Å². The van der Waals surface area contributed by atoms with E-state index in [1.807, 2.05) is 36.7 Å². The first-order chi connectivity index (χ1) is 8.92. The minimum atomic E-state index is 0.808. The summed E-state index contributed by atoms with van der Waals surface area (Å²) in [6.45, 7) is 0.808. The van der Waals surface area contributed by atoms with Gasteiger partial charge in [0.05, 0.1) is 18.1 Å². The number of anilines is 1. The molecule has 1 aromatic carbocycles. The average Bonchev–Trinajstić information content (AvgIpc) is 3.10. The molecule has 0 aliphatic carbocycles. The molecule has 2 aromatic heterocycles. The van der Waals surface area contributed by atoms with Crippen molar-refractivity contribution < 1.29 is 0 Å². The molecule has 0 amide bonds. The maximum atomic E-state index is 4.08. The fourth-order valence-corrected chi connectivity index (χ4v) is 1.73. The zero-order chi connectivity index (χ0) is 12.2. The van der Waals surface area contributed by atoms with Crippen LogP contribution in [-0.2, 0) is 6.54 Å². The summed E-state index contributed by atoms with van der Waals surface area (Å²) in [6, 6.07) is 10.1. The van der Waals surface area contributed by atoms with Crippen LogP contribution in [0.15, 0.2) is 55.1 Å². The third-order valence-electron chi connectivity index (χ3n) is 2.68. The van der Waals surface area contributed by atoms with Crippen LogP contribution in [-0.4, -0.2) is 20.0 Å². The first kappa shape index (κ1) is 10.6. The van der Waals surface area contributed by atoms with Crippen LogP contribution >= 0.6 is 0 Å². The molecule has 5 nitrogen and oxygen atoms in total. The van der Waals surface area contributed by atoms with Crippen LogP contribution in [0.3, 0.4) is 0 Å². The molecular formula is C13H13N5. The molecule has 0 radical (unpaired) electrons. The highest BCUT2D eigenvalue weighted by Crippen LogP contribution is 2.12. The van der Waals surface area contributed by atoms with E-state index in [0.717, 1.165) is 17.9 Å². The summed E-state index contributed by atoms with van der Waals surface area (Å²) in [5, 5.41) is 11.5. The smallest absolute Gasteiger partial charge is 0.0858 e. The molecule has 0 atom stereocenters. The average molecular weight is 239 g/mol. The van der Waals surface area contributed by atoms with Crippen molar-refractivity contribution in [2.75, 3.05) is 5.32 Å². The van der Waals surface area contributed by atoms with E-state index in [9.17, 15) is 0 Å². The standard InChI is InChI=1S/C13H13N5/c1-3-13(18-16-7-8-17-18)4-2-12(1)15-10-11-5-6-14-9-11/h1-9,14-15H,10H2. The predicted octanol–water partition coefficient (Wildman–Crippen LogP) is 2.21. The number of nitrogens with one attached hydrogen (secondary N) is 2. The second-order valence-electron chi connectivity index (χ2n) is 3.94. The van der Waals surface area contributed by atoms with Gasteiger partial charge < -0.3 is 10.3 Å². The lowest BCUT2D eigenvalue weighted by molar-refractivity contribution is 0.752. The van der Waals surface area contributed by atoms with Gasteiger partial charge in [0.2, 0.25) is 0 Å². The van der Waals surface area contributed by atoms with Crippen molar-refractivity contribution >= 4 is 5.69 Å². The molecule has 5 heteroatoms. The molecule has 0 unspecified atom stereocenters. The van der Waals surface area contributed by atoms with E-state index in [0.29, 0.717) is 0 Å². The van der Waals surface area contributed by atoms with Crippen LogP contribution < -0.4 is 5.32 Å². The molecular weight excluding hydrogens is 226 g/mol. The molecule has 0 spiro atoms. The minimum absolute atomic E-state index is 0.808. The van der Waals surface area contributed by atoms with Gasteiger partial charge in [-0.15, -0.1) is 0 Å². The summed E-state index contributed by atoms with van der Waals surface area (Å²) in [7, 11) is 0. The van der Waals surface area contributed by atoms with E-state index in [4.69, 9.17) is 0 Å². The Labute approximate surface area is 104 Å². The Balaban J connectivity index is 1.68. The lowest BCUT2D eigenvalue weighted by Crippen LogP contribution is -2.00. The van der Waals surface area contributed by atoms with Crippen molar-refractivity contribution in [3.05, 3.63) is 60.7 Å². The molecule has 2 heterocycles. The number of aromatic nitrogens is 4. The van der Waals surface area contributed by atoms with Gasteiger partial charge in [-0.1, -0.05) is 0 Å². The summed E-state index contributed by atoms with van der Waals surface area (Å²) in [4.78, 5) is 4.63. The van der Waals surface area contributed by atoms with Crippen molar-refractivity contribution in [3.8, 4) is 5.69 Å². The second kappa shape index (κ2) is 4.75. The number of benzene rings is 1. The van der Waals surface area contributed by atoms with Gasteiger partial charge >= 0.3 is 0 Å². The fraction of sp³-hybridized carbons (Fsp3) is 0.0769. The molecule has 18 heavy (non-hydrogen) atoms. The molecule has 0 aliphatic heterocycles. The van der Waals surface area contributed by atoms with E-state index in [1.165, 1.54) is 5.56 Å². The number of rotatable bonds is 4. The number of H-pyrrole nitrogens is 1. The fourth-order valence-electron chi connectivity index (χ4n) is 1.73. The zero-order valence-electron chi connectivity index (χ0n) is 9.74. The van der Waals surface area contributed by atoms with Crippen molar-refractivity contribution in [1.29, 1.82) is 0 Å². The Bertz CT molecular complexity index is 581. The van der Waals surface area contributed by atoms with Crippen LogP contribution in [0.1, 0.15) is 5.56 Å². The molecule has 0 fully saturated rings. The van der Waals surface area contributed by atoms with Crippen LogP contribution in [0.4, 0.5) is 5.69 Å². The van der Waals surface area contributed by atoms with Gasteiger partial charge in [-0.05, 0) is 35.9 Å². The van der Waals surface area contributed by atoms with Gasteiger partial charge in [-0.2, -0.15) is 15.0 Å². The van der Waals surface area contributed by atoms with Crippen molar-refractivity contribution in [1.82, 2.24) is 20.0 Å². The Morgan fingerprint density at radius 2 is 1.83 bits per heavy atom. The lowest BCUT2D eigenvalue weighted by Gasteiger charge is -2.06. The molecule has 0 saturated heterocycles. The third kappa shape index (κ3) is 2.24. The molecule has 90 valence electrons. The van der Waals surface area contributed by atoms with Gasteiger partial charge in [0, 0.05) is 24.6 Å². The minimum Gasteiger partial charge on any atom is -0.381 e. The number of hydrogen-bond donors (Lipinski definition) is 2. The van der Waals surface area contributed by atoms with Crippen LogP contribution in [0.5, 0.6) is 0 Å². The van der Waals surface area contributed by atoms with Crippen molar-refractivity contribution in [3.63, 3.8) is 0 Å². The Morgan fingerprint density at radius 3 is 2.50 bits per heavy atom. The lowest BCUT2D eigenvalue weighted by atomic mass is 10.2. The summed E-state index contributed by atoms with van der Waals surface area (Å²) < 4.78 is 0. The SMILES string of the molecule is c1cnn(-c2ccc(NCc3cc[nH]c3)cc2)n1. The number of nitrogens with zero attached hydrogens (tertiary/aromatic N) is 3. The first-order valence-corrected chi connectivity index (χ1v) is 5.74. The van der Waals surface area contributed by atoms with E-state index in [2.05, 4.69) is 26.6 Å².